The Bertz CT molecular complexity index is 750. The van der Waals surface area contributed by atoms with Crippen LogP contribution in [-0.2, 0) is 0 Å². The van der Waals surface area contributed by atoms with Gasteiger partial charge in [0.25, 0.3) is 0 Å². The lowest BCUT2D eigenvalue weighted by atomic mass is 10.1. The van der Waals surface area contributed by atoms with Crippen molar-refractivity contribution in [3.05, 3.63) is 47.6 Å². The molecule has 0 atom stereocenters. The lowest BCUT2D eigenvalue weighted by Gasteiger charge is -2.05. The van der Waals surface area contributed by atoms with Gasteiger partial charge >= 0.3 is 0 Å². The summed E-state index contributed by atoms with van der Waals surface area (Å²) in [5.41, 5.74) is 1.57. The predicted molar refractivity (Wildman–Crippen MR) is 78.6 cm³/mol. The van der Waals surface area contributed by atoms with Crippen LogP contribution in [0.3, 0.4) is 0 Å². The van der Waals surface area contributed by atoms with Crippen molar-refractivity contribution in [2.45, 2.75) is 13.3 Å². The van der Waals surface area contributed by atoms with Crippen molar-refractivity contribution in [3.8, 4) is 11.6 Å². The number of benzene rings is 1. The molecule has 0 aliphatic carbocycles. The van der Waals surface area contributed by atoms with Crippen LogP contribution in [0, 0.1) is 0 Å². The van der Waals surface area contributed by atoms with E-state index in [2.05, 4.69) is 9.97 Å². The van der Waals surface area contributed by atoms with E-state index in [-0.39, 0.29) is 5.78 Å². The van der Waals surface area contributed by atoms with Crippen molar-refractivity contribution < 1.29 is 9.53 Å². The fourth-order valence-corrected chi connectivity index (χ4v) is 2.63. The SMILES string of the molecule is CCC(=O)c1ccc(Oc2ncnc3ccsc23)cc1. The highest BCUT2D eigenvalue weighted by atomic mass is 32.1. The molecule has 100 valence electrons. The Balaban J connectivity index is 1.88. The molecule has 0 radical (unpaired) electrons. The molecule has 0 unspecified atom stereocenters. The molecule has 0 aliphatic heterocycles. The number of aromatic nitrogens is 2. The Hall–Kier alpha value is -2.27. The van der Waals surface area contributed by atoms with Crippen LogP contribution in [0.15, 0.2) is 42.0 Å². The third-order valence-electron chi connectivity index (χ3n) is 2.92. The zero-order chi connectivity index (χ0) is 13.9. The number of fused-ring (bicyclic) bond motifs is 1. The largest absolute Gasteiger partial charge is 0.437 e. The summed E-state index contributed by atoms with van der Waals surface area (Å²) < 4.78 is 6.68. The number of rotatable bonds is 4. The highest BCUT2D eigenvalue weighted by molar-refractivity contribution is 7.17. The molecule has 3 aromatic rings. The van der Waals surface area contributed by atoms with Crippen molar-refractivity contribution in [2.75, 3.05) is 0 Å². The first kappa shape index (κ1) is 12.7. The number of nitrogens with zero attached hydrogens (tertiary/aromatic N) is 2. The molecule has 2 aromatic heterocycles. The van der Waals surface area contributed by atoms with E-state index in [0.29, 0.717) is 23.6 Å². The second-order valence-electron chi connectivity index (χ2n) is 4.22. The molecular weight excluding hydrogens is 272 g/mol. The molecule has 2 heterocycles. The lowest BCUT2D eigenvalue weighted by molar-refractivity contribution is 0.0988. The molecule has 0 N–H and O–H groups in total. The topological polar surface area (TPSA) is 52.1 Å². The third kappa shape index (κ3) is 2.40. The van der Waals surface area contributed by atoms with Crippen LogP contribution in [0.25, 0.3) is 10.2 Å². The predicted octanol–water partition coefficient (Wildman–Crippen LogP) is 4.08. The number of ketones is 1. The van der Waals surface area contributed by atoms with Gasteiger partial charge in [-0.3, -0.25) is 4.79 Å². The molecule has 0 fully saturated rings. The van der Waals surface area contributed by atoms with Crippen LogP contribution in [0.4, 0.5) is 0 Å². The average Bonchev–Trinajstić information content (AvgIpc) is 2.97. The van der Waals surface area contributed by atoms with E-state index in [1.807, 2.05) is 18.4 Å². The first-order chi connectivity index (χ1) is 9.78. The molecule has 1 aromatic carbocycles. The number of carbonyl (C=O) groups excluding carboxylic acids is 1. The fourth-order valence-electron chi connectivity index (χ4n) is 1.86. The number of Topliss-reactive ketones (excluding diaryl/α,β-unsaturated/α-hetero) is 1. The first-order valence-corrected chi connectivity index (χ1v) is 7.15. The summed E-state index contributed by atoms with van der Waals surface area (Å²) in [5.74, 6) is 1.32. The molecule has 0 saturated heterocycles. The lowest BCUT2D eigenvalue weighted by Crippen LogP contribution is -1.96. The van der Waals surface area contributed by atoms with Gasteiger partial charge in [0.05, 0.1) is 5.52 Å². The standard InChI is InChI=1S/C15H12N2O2S/c1-2-13(18)10-3-5-11(6-4-10)19-15-14-12(7-8-20-14)16-9-17-15/h3-9H,2H2,1H3. The summed E-state index contributed by atoms with van der Waals surface area (Å²) in [6.07, 6.45) is 1.99. The van der Waals surface area contributed by atoms with Gasteiger partial charge in [-0.05, 0) is 35.7 Å². The van der Waals surface area contributed by atoms with Crippen LogP contribution < -0.4 is 4.74 Å². The molecule has 5 heteroatoms. The number of ether oxygens (including phenoxy) is 1. The number of carbonyl (C=O) groups is 1. The monoisotopic (exact) mass is 284 g/mol. The molecule has 0 bridgehead atoms. The maximum atomic E-state index is 11.6. The van der Waals surface area contributed by atoms with Crippen molar-refractivity contribution in [2.24, 2.45) is 0 Å². The second kappa shape index (κ2) is 5.38. The smallest absolute Gasteiger partial charge is 0.240 e. The third-order valence-corrected chi connectivity index (χ3v) is 3.81. The molecule has 20 heavy (non-hydrogen) atoms. The highest BCUT2D eigenvalue weighted by Gasteiger charge is 2.08. The van der Waals surface area contributed by atoms with Crippen LogP contribution >= 0.6 is 11.3 Å². The summed E-state index contributed by atoms with van der Waals surface area (Å²) in [4.78, 5) is 19.9. The minimum atomic E-state index is 0.124. The molecule has 0 amide bonds. The molecular formula is C15H12N2O2S. The van der Waals surface area contributed by atoms with Crippen molar-refractivity contribution in [1.29, 1.82) is 0 Å². The molecule has 3 rings (SSSR count). The van der Waals surface area contributed by atoms with E-state index in [1.54, 1.807) is 35.6 Å². The van der Waals surface area contributed by atoms with E-state index in [4.69, 9.17) is 4.74 Å². The van der Waals surface area contributed by atoms with Gasteiger partial charge in [0.1, 0.15) is 16.8 Å². The van der Waals surface area contributed by atoms with Gasteiger partial charge in [-0.15, -0.1) is 11.3 Å². The Morgan fingerprint density at radius 2 is 2.00 bits per heavy atom. The average molecular weight is 284 g/mol. The number of hydrogen-bond acceptors (Lipinski definition) is 5. The normalized spacial score (nSPS) is 10.7. The molecule has 0 saturated carbocycles. The maximum absolute atomic E-state index is 11.6. The van der Waals surface area contributed by atoms with Gasteiger partial charge in [-0.25, -0.2) is 9.97 Å². The molecule has 0 spiro atoms. The number of thiophene rings is 1. The quantitative estimate of drug-likeness (QED) is 0.677. The van der Waals surface area contributed by atoms with Gasteiger partial charge in [0.15, 0.2) is 5.78 Å². The van der Waals surface area contributed by atoms with Crippen molar-refractivity contribution in [3.63, 3.8) is 0 Å². The van der Waals surface area contributed by atoms with Gasteiger partial charge in [0.2, 0.25) is 5.88 Å². The Morgan fingerprint density at radius 3 is 2.75 bits per heavy atom. The van der Waals surface area contributed by atoms with Gasteiger partial charge in [-0.2, -0.15) is 0 Å². The van der Waals surface area contributed by atoms with Gasteiger partial charge in [-0.1, -0.05) is 6.92 Å². The highest BCUT2D eigenvalue weighted by Crippen LogP contribution is 2.30. The molecule has 0 aliphatic rings. The minimum Gasteiger partial charge on any atom is -0.437 e. The van der Waals surface area contributed by atoms with Crippen molar-refractivity contribution >= 4 is 27.3 Å². The van der Waals surface area contributed by atoms with Crippen LogP contribution in [0.2, 0.25) is 0 Å². The minimum absolute atomic E-state index is 0.124. The van der Waals surface area contributed by atoms with Crippen LogP contribution in [0.5, 0.6) is 11.6 Å². The Morgan fingerprint density at radius 1 is 1.20 bits per heavy atom. The Labute approximate surface area is 120 Å². The van der Waals surface area contributed by atoms with Crippen LogP contribution in [0.1, 0.15) is 23.7 Å². The van der Waals surface area contributed by atoms with E-state index in [1.165, 1.54) is 6.33 Å². The summed E-state index contributed by atoms with van der Waals surface area (Å²) in [7, 11) is 0. The Kier molecular flexibility index (Phi) is 3.43. The van der Waals surface area contributed by atoms with Crippen molar-refractivity contribution in [1.82, 2.24) is 9.97 Å². The van der Waals surface area contributed by atoms with E-state index >= 15 is 0 Å². The maximum Gasteiger partial charge on any atom is 0.240 e. The van der Waals surface area contributed by atoms with Gasteiger partial charge < -0.3 is 4.74 Å². The zero-order valence-electron chi connectivity index (χ0n) is 10.9. The molecule has 4 nitrogen and oxygen atoms in total. The van der Waals surface area contributed by atoms with Crippen LogP contribution in [-0.4, -0.2) is 15.8 Å². The van der Waals surface area contributed by atoms with Gasteiger partial charge in [0, 0.05) is 12.0 Å². The summed E-state index contributed by atoms with van der Waals surface area (Å²) >= 11 is 1.54. The fraction of sp³-hybridized carbons (Fsp3) is 0.133. The van der Waals surface area contributed by atoms with E-state index in [0.717, 1.165) is 10.2 Å². The summed E-state index contributed by atoms with van der Waals surface area (Å²) in [6.45, 7) is 1.85. The first-order valence-electron chi connectivity index (χ1n) is 6.27. The van der Waals surface area contributed by atoms with E-state index < -0.39 is 0 Å². The summed E-state index contributed by atoms with van der Waals surface area (Å²) in [5, 5.41) is 1.95. The number of hydrogen-bond donors (Lipinski definition) is 0. The zero-order valence-corrected chi connectivity index (χ0v) is 11.7. The summed E-state index contributed by atoms with van der Waals surface area (Å²) in [6, 6.07) is 9.04. The van der Waals surface area contributed by atoms with E-state index in [9.17, 15) is 4.79 Å². The second-order valence-corrected chi connectivity index (χ2v) is 5.13.